The molecule has 0 aliphatic carbocycles. The highest BCUT2D eigenvalue weighted by Crippen LogP contribution is 2.26. The Balaban J connectivity index is 2.68. The monoisotopic (exact) mass is 267 g/mol. The molecule has 0 saturated carbocycles. The molecule has 1 N–H and O–H groups in total. The van der Waals surface area contributed by atoms with E-state index in [0.29, 0.717) is 12.5 Å². The Labute approximate surface area is 113 Å². The molecule has 0 fully saturated rings. The van der Waals surface area contributed by atoms with Gasteiger partial charge in [0, 0.05) is 17.4 Å². The van der Waals surface area contributed by atoms with Crippen LogP contribution >= 0.6 is 11.8 Å². The summed E-state index contributed by atoms with van der Waals surface area (Å²) in [5, 5.41) is 8.69. The standard InChI is InChI=1S/C14H21NO2S/c1-15(2)13(5-4-6-14(16)17)11-7-9-12(18-3)10-8-11/h7-10,13H,4-6H2,1-3H3,(H,16,17). The van der Waals surface area contributed by atoms with Crippen LogP contribution in [0.4, 0.5) is 0 Å². The van der Waals surface area contributed by atoms with Crippen LogP contribution in [0.25, 0.3) is 0 Å². The number of rotatable bonds is 7. The van der Waals surface area contributed by atoms with Crippen LogP contribution in [0.3, 0.4) is 0 Å². The maximum absolute atomic E-state index is 10.6. The minimum atomic E-state index is -0.717. The molecular weight excluding hydrogens is 246 g/mol. The predicted molar refractivity (Wildman–Crippen MR) is 76.1 cm³/mol. The Kier molecular flexibility index (Phi) is 6.22. The van der Waals surface area contributed by atoms with E-state index in [9.17, 15) is 4.79 Å². The molecule has 0 heterocycles. The molecule has 18 heavy (non-hydrogen) atoms. The van der Waals surface area contributed by atoms with E-state index < -0.39 is 5.97 Å². The summed E-state index contributed by atoms with van der Waals surface area (Å²) in [7, 11) is 4.07. The van der Waals surface area contributed by atoms with Crippen LogP contribution in [0.1, 0.15) is 30.9 Å². The summed E-state index contributed by atoms with van der Waals surface area (Å²) in [6, 6.07) is 8.80. The van der Waals surface area contributed by atoms with E-state index in [1.807, 2.05) is 14.1 Å². The molecule has 0 radical (unpaired) electrons. The SMILES string of the molecule is CSc1ccc(C(CCCC(=O)O)N(C)C)cc1. The van der Waals surface area contributed by atoms with Crippen molar-refractivity contribution in [3.05, 3.63) is 29.8 Å². The number of carbonyl (C=O) groups is 1. The lowest BCUT2D eigenvalue weighted by Crippen LogP contribution is -2.20. The minimum Gasteiger partial charge on any atom is -0.481 e. The van der Waals surface area contributed by atoms with Crippen molar-refractivity contribution >= 4 is 17.7 Å². The molecule has 1 atom stereocenters. The number of hydrogen-bond donors (Lipinski definition) is 1. The second kappa shape index (κ2) is 7.44. The lowest BCUT2D eigenvalue weighted by molar-refractivity contribution is -0.137. The van der Waals surface area contributed by atoms with Crippen LogP contribution in [0.5, 0.6) is 0 Å². The molecule has 0 aromatic heterocycles. The maximum Gasteiger partial charge on any atom is 0.303 e. The van der Waals surface area contributed by atoms with Crippen molar-refractivity contribution in [3.63, 3.8) is 0 Å². The van der Waals surface area contributed by atoms with E-state index in [1.54, 1.807) is 11.8 Å². The van der Waals surface area contributed by atoms with Gasteiger partial charge in [0.2, 0.25) is 0 Å². The van der Waals surface area contributed by atoms with Crippen molar-refractivity contribution < 1.29 is 9.90 Å². The molecule has 0 amide bonds. The second-order valence-electron chi connectivity index (χ2n) is 4.54. The number of nitrogens with zero attached hydrogens (tertiary/aromatic N) is 1. The van der Waals surface area contributed by atoms with Crippen LogP contribution < -0.4 is 0 Å². The van der Waals surface area contributed by atoms with Gasteiger partial charge in [0.1, 0.15) is 0 Å². The lowest BCUT2D eigenvalue weighted by atomic mass is 10.00. The zero-order valence-corrected chi connectivity index (χ0v) is 12.0. The summed E-state index contributed by atoms with van der Waals surface area (Å²) in [6.07, 6.45) is 3.89. The van der Waals surface area contributed by atoms with E-state index in [-0.39, 0.29) is 6.42 Å². The molecule has 0 saturated heterocycles. The molecule has 3 nitrogen and oxygen atoms in total. The number of carboxylic acids is 1. The first-order valence-corrected chi connectivity index (χ1v) is 7.29. The first kappa shape index (κ1) is 15.1. The van der Waals surface area contributed by atoms with Gasteiger partial charge in [-0.25, -0.2) is 0 Å². The summed E-state index contributed by atoms with van der Waals surface area (Å²) in [5.74, 6) is -0.717. The molecule has 1 aromatic carbocycles. The Morgan fingerprint density at radius 3 is 2.39 bits per heavy atom. The van der Waals surface area contributed by atoms with Gasteiger partial charge in [-0.1, -0.05) is 12.1 Å². The van der Waals surface area contributed by atoms with E-state index >= 15 is 0 Å². The molecule has 1 aromatic rings. The summed E-state index contributed by atoms with van der Waals surface area (Å²) in [5.41, 5.74) is 1.25. The summed E-state index contributed by atoms with van der Waals surface area (Å²) in [4.78, 5) is 14.0. The summed E-state index contributed by atoms with van der Waals surface area (Å²) in [6.45, 7) is 0. The van der Waals surface area contributed by atoms with Crippen LogP contribution in [0.2, 0.25) is 0 Å². The van der Waals surface area contributed by atoms with E-state index in [0.717, 1.165) is 6.42 Å². The Hall–Kier alpha value is -1.00. The maximum atomic E-state index is 10.6. The molecule has 1 unspecified atom stereocenters. The van der Waals surface area contributed by atoms with E-state index in [2.05, 4.69) is 35.4 Å². The number of hydrogen-bond acceptors (Lipinski definition) is 3. The summed E-state index contributed by atoms with van der Waals surface area (Å²) >= 11 is 1.73. The van der Waals surface area contributed by atoms with Crippen molar-refractivity contribution in [2.75, 3.05) is 20.4 Å². The van der Waals surface area contributed by atoms with Crippen molar-refractivity contribution in [3.8, 4) is 0 Å². The number of benzene rings is 1. The molecular formula is C14H21NO2S. The largest absolute Gasteiger partial charge is 0.481 e. The van der Waals surface area contributed by atoms with Gasteiger partial charge in [0.25, 0.3) is 0 Å². The smallest absolute Gasteiger partial charge is 0.303 e. The normalized spacial score (nSPS) is 12.7. The predicted octanol–water partition coefficient (Wildman–Crippen LogP) is 3.27. The van der Waals surface area contributed by atoms with Gasteiger partial charge in [-0.3, -0.25) is 4.79 Å². The third-order valence-electron chi connectivity index (χ3n) is 2.99. The van der Waals surface area contributed by atoms with Gasteiger partial charge >= 0.3 is 5.97 Å². The molecule has 0 spiro atoms. The van der Waals surface area contributed by atoms with Crippen LogP contribution in [-0.4, -0.2) is 36.3 Å². The first-order chi connectivity index (χ1) is 8.54. The molecule has 1 rings (SSSR count). The van der Waals surface area contributed by atoms with Crippen molar-refractivity contribution in [1.82, 2.24) is 4.90 Å². The Morgan fingerprint density at radius 1 is 1.33 bits per heavy atom. The quantitative estimate of drug-likeness (QED) is 0.770. The van der Waals surface area contributed by atoms with Crippen LogP contribution in [0, 0.1) is 0 Å². The van der Waals surface area contributed by atoms with Gasteiger partial charge in [0.15, 0.2) is 0 Å². The minimum absolute atomic E-state index is 0.243. The number of aliphatic carboxylic acids is 1. The topological polar surface area (TPSA) is 40.5 Å². The molecule has 100 valence electrons. The second-order valence-corrected chi connectivity index (χ2v) is 5.42. The van der Waals surface area contributed by atoms with Gasteiger partial charge < -0.3 is 10.0 Å². The van der Waals surface area contributed by atoms with Gasteiger partial charge in [0.05, 0.1) is 0 Å². The number of thioether (sulfide) groups is 1. The van der Waals surface area contributed by atoms with Crippen LogP contribution in [-0.2, 0) is 4.79 Å². The average molecular weight is 267 g/mol. The fraction of sp³-hybridized carbons (Fsp3) is 0.500. The zero-order chi connectivity index (χ0) is 13.5. The van der Waals surface area contributed by atoms with Gasteiger partial charge in [-0.05, 0) is 50.9 Å². The van der Waals surface area contributed by atoms with Crippen LogP contribution in [0.15, 0.2) is 29.2 Å². The fourth-order valence-corrected chi connectivity index (χ4v) is 2.40. The average Bonchev–Trinajstić information content (AvgIpc) is 2.34. The summed E-state index contributed by atoms with van der Waals surface area (Å²) < 4.78 is 0. The van der Waals surface area contributed by atoms with E-state index in [1.165, 1.54) is 10.5 Å². The highest BCUT2D eigenvalue weighted by atomic mass is 32.2. The zero-order valence-electron chi connectivity index (χ0n) is 11.2. The van der Waals surface area contributed by atoms with Crippen molar-refractivity contribution in [2.24, 2.45) is 0 Å². The number of carboxylic acid groups (broad SMARTS) is 1. The third-order valence-corrected chi connectivity index (χ3v) is 3.74. The van der Waals surface area contributed by atoms with Crippen molar-refractivity contribution in [2.45, 2.75) is 30.2 Å². The van der Waals surface area contributed by atoms with Gasteiger partial charge in [-0.2, -0.15) is 0 Å². The van der Waals surface area contributed by atoms with E-state index in [4.69, 9.17) is 5.11 Å². The third kappa shape index (κ3) is 4.70. The lowest BCUT2D eigenvalue weighted by Gasteiger charge is -2.24. The van der Waals surface area contributed by atoms with Gasteiger partial charge in [-0.15, -0.1) is 11.8 Å². The first-order valence-electron chi connectivity index (χ1n) is 6.06. The molecule has 0 bridgehead atoms. The molecule has 4 heteroatoms. The molecule has 0 aliphatic rings. The highest BCUT2D eigenvalue weighted by Gasteiger charge is 2.14. The Bertz CT molecular complexity index is 376. The fourth-order valence-electron chi connectivity index (χ4n) is 2.00. The Morgan fingerprint density at radius 2 is 1.94 bits per heavy atom. The van der Waals surface area contributed by atoms with Crippen molar-refractivity contribution in [1.29, 1.82) is 0 Å². The highest BCUT2D eigenvalue weighted by molar-refractivity contribution is 7.98. The molecule has 0 aliphatic heterocycles.